The minimum atomic E-state index is -0.677. The van der Waals surface area contributed by atoms with E-state index in [1.807, 2.05) is 0 Å². The first kappa shape index (κ1) is 15.7. The Hall–Kier alpha value is -3.82. The van der Waals surface area contributed by atoms with Crippen LogP contribution in [0.1, 0.15) is 10.4 Å². The first-order valence-corrected chi connectivity index (χ1v) is 7.63. The van der Waals surface area contributed by atoms with Crippen LogP contribution in [0.4, 0.5) is 0 Å². The molecule has 26 heavy (non-hydrogen) atoms. The number of benzene rings is 1. The van der Waals surface area contributed by atoms with Gasteiger partial charge in [-0.2, -0.15) is 0 Å². The van der Waals surface area contributed by atoms with Crippen molar-refractivity contribution in [3.05, 3.63) is 69.3 Å². The van der Waals surface area contributed by atoms with Crippen molar-refractivity contribution in [2.75, 3.05) is 13.5 Å². The third-order valence-electron chi connectivity index (χ3n) is 3.74. The van der Waals surface area contributed by atoms with E-state index in [9.17, 15) is 14.4 Å². The second-order valence-electron chi connectivity index (χ2n) is 5.45. The van der Waals surface area contributed by atoms with Crippen molar-refractivity contribution < 1.29 is 14.3 Å². The number of aromatic amines is 2. The number of aromatic nitrogens is 4. The lowest BCUT2D eigenvalue weighted by Gasteiger charge is -2.13. The molecule has 0 radical (unpaired) electrons. The molecule has 132 valence electrons. The number of esters is 1. The lowest BCUT2D eigenvalue weighted by Crippen LogP contribution is -2.30. The summed E-state index contributed by atoms with van der Waals surface area (Å²) in [6, 6.07) is 8.59. The fraction of sp³-hybridized carbons (Fsp3) is 0.125. The average Bonchev–Trinajstić information content (AvgIpc) is 3.30. The molecular weight excluding hydrogens is 342 g/mol. The van der Waals surface area contributed by atoms with Gasteiger partial charge in [-0.1, -0.05) is 18.2 Å². The fourth-order valence-electron chi connectivity index (χ4n) is 2.52. The molecule has 0 saturated heterocycles. The number of nitrogens with one attached hydrogen (secondary N) is 2. The summed E-state index contributed by atoms with van der Waals surface area (Å²) < 4.78 is 11.8. The molecule has 0 amide bonds. The van der Waals surface area contributed by atoms with Crippen molar-refractivity contribution in [3.63, 3.8) is 0 Å². The standard InChI is InChI=1S/C16H13N5O5/c22-14-12-13(18-7-17-12)21(16(24)19-14)11-6-20(8-25-11)9-26-15(23)10-4-2-1-3-5-10/h1-7H,8-9H2,(H,17,18)(H,19,22,24). The third kappa shape index (κ3) is 2.73. The van der Waals surface area contributed by atoms with Gasteiger partial charge in [0.25, 0.3) is 5.56 Å². The van der Waals surface area contributed by atoms with E-state index in [0.717, 1.165) is 4.57 Å². The van der Waals surface area contributed by atoms with E-state index in [4.69, 9.17) is 9.47 Å². The number of carbonyl (C=O) groups excluding carboxylic acids is 1. The predicted octanol–water partition coefficient (Wildman–Crippen LogP) is 0.273. The number of hydrogen-bond donors (Lipinski definition) is 2. The first-order valence-electron chi connectivity index (χ1n) is 7.63. The number of H-pyrrole nitrogens is 2. The second-order valence-corrected chi connectivity index (χ2v) is 5.45. The maximum Gasteiger partial charge on any atom is 0.339 e. The summed E-state index contributed by atoms with van der Waals surface area (Å²) in [6.07, 6.45) is 2.82. The van der Waals surface area contributed by atoms with Crippen LogP contribution in [0.2, 0.25) is 0 Å². The summed E-state index contributed by atoms with van der Waals surface area (Å²) in [5, 5.41) is 0. The topological polar surface area (TPSA) is 122 Å². The molecule has 0 bridgehead atoms. The number of nitrogens with zero attached hydrogens (tertiary/aromatic N) is 3. The van der Waals surface area contributed by atoms with Crippen molar-refractivity contribution in [3.8, 4) is 0 Å². The Morgan fingerprint density at radius 3 is 2.88 bits per heavy atom. The van der Waals surface area contributed by atoms with Crippen LogP contribution in [0.3, 0.4) is 0 Å². The molecule has 1 aliphatic rings. The summed E-state index contributed by atoms with van der Waals surface area (Å²) in [6.45, 7) is 0.0218. The Balaban J connectivity index is 1.54. The Kier molecular flexibility index (Phi) is 3.77. The molecule has 1 aromatic carbocycles. The zero-order valence-electron chi connectivity index (χ0n) is 13.3. The minimum absolute atomic E-state index is 0.0565. The van der Waals surface area contributed by atoms with Crippen LogP contribution in [0, 0.1) is 0 Å². The summed E-state index contributed by atoms with van der Waals surface area (Å²) in [5.41, 5.74) is -0.502. The number of rotatable bonds is 4. The molecule has 3 heterocycles. The highest BCUT2D eigenvalue weighted by atomic mass is 16.6. The highest BCUT2D eigenvalue weighted by molar-refractivity contribution is 5.89. The van der Waals surface area contributed by atoms with Gasteiger partial charge in [0.2, 0.25) is 5.88 Å². The average molecular weight is 355 g/mol. The second kappa shape index (κ2) is 6.24. The van der Waals surface area contributed by atoms with Crippen molar-refractivity contribution in [1.82, 2.24) is 24.4 Å². The molecule has 1 aliphatic heterocycles. The molecular formula is C16H13N5O5. The number of fused-ring (bicyclic) bond motifs is 1. The number of carbonyl (C=O) groups is 1. The monoisotopic (exact) mass is 355 g/mol. The van der Waals surface area contributed by atoms with Crippen LogP contribution >= 0.6 is 0 Å². The van der Waals surface area contributed by atoms with Gasteiger partial charge in [-0.25, -0.2) is 19.1 Å². The van der Waals surface area contributed by atoms with Crippen LogP contribution in [0.25, 0.3) is 17.0 Å². The summed E-state index contributed by atoms with van der Waals surface area (Å²) in [4.78, 5) is 46.2. The molecule has 10 nitrogen and oxygen atoms in total. The lowest BCUT2D eigenvalue weighted by molar-refractivity contribution is 0.0213. The number of imidazole rings is 1. The number of hydrogen-bond acceptors (Lipinski definition) is 7. The van der Waals surface area contributed by atoms with E-state index >= 15 is 0 Å². The predicted molar refractivity (Wildman–Crippen MR) is 89.8 cm³/mol. The van der Waals surface area contributed by atoms with E-state index in [2.05, 4.69) is 15.0 Å². The van der Waals surface area contributed by atoms with Gasteiger partial charge in [-0.15, -0.1) is 0 Å². The molecule has 0 saturated carbocycles. The maximum atomic E-state index is 12.1. The Morgan fingerprint density at radius 1 is 1.27 bits per heavy atom. The SMILES string of the molecule is O=C(OCN1C=C(n2c(=O)[nH]c(=O)c3[nH]cnc32)OC1)c1ccccc1. The van der Waals surface area contributed by atoms with E-state index < -0.39 is 17.2 Å². The molecule has 2 N–H and O–H groups in total. The Morgan fingerprint density at radius 2 is 2.08 bits per heavy atom. The highest BCUT2D eigenvalue weighted by Crippen LogP contribution is 2.17. The zero-order chi connectivity index (χ0) is 18.1. The molecule has 0 aliphatic carbocycles. The molecule has 0 spiro atoms. The van der Waals surface area contributed by atoms with Crippen LogP contribution in [0.5, 0.6) is 0 Å². The first-order chi connectivity index (χ1) is 12.6. The van der Waals surface area contributed by atoms with E-state index in [0.29, 0.717) is 5.56 Å². The van der Waals surface area contributed by atoms with Crippen molar-refractivity contribution in [2.45, 2.75) is 0 Å². The van der Waals surface area contributed by atoms with Crippen LogP contribution in [-0.2, 0) is 9.47 Å². The Labute approximate surface area is 145 Å². The summed E-state index contributed by atoms with van der Waals surface area (Å²) >= 11 is 0. The number of ether oxygens (including phenoxy) is 2. The van der Waals surface area contributed by atoms with Crippen molar-refractivity contribution in [2.24, 2.45) is 0 Å². The van der Waals surface area contributed by atoms with Gasteiger partial charge in [0.1, 0.15) is 5.52 Å². The van der Waals surface area contributed by atoms with Crippen LogP contribution < -0.4 is 11.2 Å². The van der Waals surface area contributed by atoms with Crippen LogP contribution in [-0.4, -0.2) is 43.8 Å². The van der Waals surface area contributed by atoms with Gasteiger partial charge >= 0.3 is 11.7 Å². The zero-order valence-corrected chi connectivity index (χ0v) is 13.3. The van der Waals surface area contributed by atoms with E-state index in [-0.39, 0.29) is 30.5 Å². The van der Waals surface area contributed by atoms with Crippen LogP contribution in [0.15, 0.2) is 52.4 Å². The van der Waals surface area contributed by atoms with E-state index in [1.54, 1.807) is 35.2 Å². The van der Waals surface area contributed by atoms with Gasteiger partial charge in [0, 0.05) is 0 Å². The van der Waals surface area contributed by atoms with Gasteiger partial charge in [0.05, 0.1) is 18.1 Å². The molecule has 0 fully saturated rings. The maximum absolute atomic E-state index is 12.1. The molecule has 0 unspecified atom stereocenters. The largest absolute Gasteiger partial charge is 0.456 e. The molecule has 2 aromatic heterocycles. The van der Waals surface area contributed by atoms with Crippen molar-refractivity contribution in [1.29, 1.82) is 0 Å². The molecule has 10 heteroatoms. The summed E-state index contributed by atoms with van der Waals surface area (Å²) in [5.74, 6) is -0.303. The van der Waals surface area contributed by atoms with Gasteiger partial charge in [0.15, 0.2) is 19.1 Å². The normalized spacial score (nSPS) is 13.5. The van der Waals surface area contributed by atoms with E-state index in [1.165, 1.54) is 12.5 Å². The lowest BCUT2D eigenvalue weighted by atomic mass is 10.2. The van der Waals surface area contributed by atoms with Crippen molar-refractivity contribution >= 4 is 23.0 Å². The quantitative estimate of drug-likeness (QED) is 0.644. The third-order valence-corrected chi connectivity index (χ3v) is 3.74. The fourth-order valence-corrected chi connectivity index (χ4v) is 2.52. The minimum Gasteiger partial charge on any atom is -0.456 e. The van der Waals surface area contributed by atoms with Gasteiger partial charge in [-0.3, -0.25) is 9.78 Å². The molecule has 0 atom stereocenters. The van der Waals surface area contributed by atoms with Gasteiger partial charge in [-0.05, 0) is 12.1 Å². The molecule has 4 rings (SSSR count). The summed E-state index contributed by atoms with van der Waals surface area (Å²) in [7, 11) is 0. The Bertz CT molecular complexity index is 1110. The van der Waals surface area contributed by atoms with Gasteiger partial charge < -0.3 is 19.4 Å². The smallest absolute Gasteiger partial charge is 0.339 e. The molecule has 3 aromatic rings. The highest BCUT2D eigenvalue weighted by Gasteiger charge is 2.21.